The van der Waals surface area contributed by atoms with E-state index >= 15 is 0 Å². The molecule has 2 atom stereocenters. The second-order valence-electron chi connectivity index (χ2n) is 6.53. The molecular weight excluding hydrogens is 308 g/mol. The largest absolute Gasteiger partial charge is 0.497 e. The highest BCUT2D eigenvalue weighted by Crippen LogP contribution is 2.24. The molecule has 1 saturated heterocycles. The lowest BCUT2D eigenvalue weighted by molar-refractivity contribution is -0.142. The van der Waals surface area contributed by atoms with Crippen LogP contribution in [0.4, 0.5) is 0 Å². The lowest BCUT2D eigenvalue weighted by Crippen LogP contribution is -2.44. The number of hydrogen-bond donors (Lipinski definition) is 2. The van der Waals surface area contributed by atoms with Crippen molar-refractivity contribution in [3.05, 3.63) is 29.8 Å². The van der Waals surface area contributed by atoms with Crippen LogP contribution < -0.4 is 10.1 Å². The summed E-state index contributed by atoms with van der Waals surface area (Å²) in [5.41, 5.74) is 1.01. The lowest BCUT2D eigenvalue weighted by atomic mass is 9.96. The number of benzene rings is 1. The Balaban J connectivity index is 2.01. The number of hydrogen-bond acceptors (Lipinski definition) is 4. The van der Waals surface area contributed by atoms with Crippen molar-refractivity contribution in [1.29, 1.82) is 0 Å². The van der Waals surface area contributed by atoms with Crippen molar-refractivity contribution in [2.75, 3.05) is 20.2 Å². The normalized spacial score (nSPS) is 19.2. The van der Waals surface area contributed by atoms with E-state index in [1.807, 2.05) is 38.1 Å². The second-order valence-corrected chi connectivity index (χ2v) is 6.53. The van der Waals surface area contributed by atoms with E-state index in [9.17, 15) is 14.7 Å². The summed E-state index contributed by atoms with van der Waals surface area (Å²) in [6, 6.07) is 6.97. The van der Waals surface area contributed by atoms with Crippen molar-refractivity contribution in [3.63, 3.8) is 0 Å². The predicted molar refractivity (Wildman–Crippen MR) is 90.9 cm³/mol. The van der Waals surface area contributed by atoms with E-state index < -0.39 is 12.0 Å². The minimum atomic E-state index is -0.851. The van der Waals surface area contributed by atoms with Crippen LogP contribution >= 0.6 is 0 Å². The summed E-state index contributed by atoms with van der Waals surface area (Å²) >= 11 is 0. The minimum Gasteiger partial charge on any atom is -0.497 e. The molecule has 2 unspecified atom stereocenters. The van der Waals surface area contributed by atoms with Crippen molar-refractivity contribution >= 4 is 11.9 Å². The maximum Gasteiger partial charge on any atom is 0.320 e. The molecular formula is C18H26N2O4. The number of rotatable bonds is 7. The summed E-state index contributed by atoms with van der Waals surface area (Å²) in [4.78, 5) is 25.4. The molecule has 0 aliphatic carbocycles. The first-order valence-electron chi connectivity index (χ1n) is 8.32. The summed E-state index contributed by atoms with van der Waals surface area (Å²) < 4.78 is 5.16. The maximum absolute atomic E-state index is 12.4. The van der Waals surface area contributed by atoms with Gasteiger partial charge in [0.2, 0.25) is 5.91 Å². The van der Waals surface area contributed by atoms with Crippen LogP contribution in [0.15, 0.2) is 24.3 Å². The highest BCUT2D eigenvalue weighted by molar-refractivity contribution is 5.80. The van der Waals surface area contributed by atoms with Crippen molar-refractivity contribution < 1.29 is 19.4 Å². The van der Waals surface area contributed by atoms with Crippen LogP contribution in [-0.2, 0) is 9.59 Å². The van der Waals surface area contributed by atoms with Crippen molar-refractivity contribution in [3.8, 4) is 5.75 Å². The van der Waals surface area contributed by atoms with Crippen LogP contribution in [0.25, 0.3) is 0 Å². The number of carbonyl (C=O) groups excluding carboxylic acids is 1. The van der Waals surface area contributed by atoms with Gasteiger partial charge in [-0.25, -0.2) is 0 Å². The Morgan fingerprint density at radius 3 is 2.54 bits per heavy atom. The predicted octanol–water partition coefficient (Wildman–Crippen LogP) is 2.06. The molecule has 1 aliphatic heterocycles. The quantitative estimate of drug-likeness (QED) is 0.798. The molecule has 1 aromatic carbocycles. The third-order valence-corrected chi connectivity index (χ3v) is 4.45. The van der Waals surface area contributed by atoms with Crippen LogP contribution in [0.2, 0.25) is 0 Å². The highest BCUT2D eigenvalue weighted by atomic mass is 16.5. The first kappa shape index (κ1) is 18.3. The SMILES string of the molecule is COc1ccc(C(NC(=O)CN2CCCC2C(=O)O)C(C)C)cc1. The van der Waals surface area contributed by atoms with E-state index in [4.69, 9.17) is 4.74 Å². The van der Waals surface area contributed by atoms with E-state index in [0.717, 1.165) is 17.7 Å². The van der Waals surface area contributed by atoms with Crippen LogP contribution in [0.5, 0.6) is 5.75 Å². The highest BCUT2D eigenvalue weighted by Gasteiger charge is 2.32. The Kier molecular flexibility index (Phi) is 6.20. The average Bonchev–Trinajstić information content (AvgIpc) is 3.01. The average molecular weight is 334 g/mol. The van der Waals surface area contributed by atoms with E-state index in [-0.39, 0.29) is 24.4 Å². The van der Waals surface area contributed by atoms with Crippen LogP contribution in [0, 0.1) is 5.92 Å². The lowest BCUT2D eigenvalue weighted by Gasteiger charge is -2.26. The van der Waals surface area contributed by atoms with Gasteiger partial charge in [-0.1, -0.05) is 26.0 Å². The smallest absolute Gasteiger partial charge is 0.320 e. The Hall–Kier alpha value is -2.08. The van der Waals surface area contributed by atoms with Gasteiger partial charge in [-0.15, -0.1) is 0 Å². The van der Waals surface area contributed by atoms with Gasteiger partial charge in [0.25, 0.3) is 0 Å². The standard InChI is InChI=1S/C18H26N2O4/c1-12(2)17(13-6-8-14(24-3)9-7-13)19-16(21)11-20-10-4-5-15(20)18(22)23/h6-9,12,15,17H,4-5,10-11H2,1-3H3,(H,19,21)(H,22,23). The summed E-state index contributed by atoms with van der Waals surface area (Å²) in [7, 11) is 1.62. The Morgan fingerprint density at radius 2 is 2.00 bits per heavy atom. The van der Waals surface area contributed by atoms with Crippen molar-refractivity contribution in [2.24, 2.45) is 5.92 Å². The number of likely N-dealkylation sites (tertiary alicyclic amines) is 1. The van der Waals surface area contributed by atoms with Crippen LogP contribution in [0.1, 0.15) is 38.3 Å². The maximum atomic E-state index is 12.4. The molecule has 1 aliphatic rings. The number of aliphatic carboxylic acids is 1. The van der Waals surface area contributed by atoms with Gasteiger partial charge in [-0.2, -0.15) is 0 Å². The molecule has 1 heterocycles. The molecule has 2 rings (SSSR count). The number of nitrogens with one attached hydrogen (secondary N) is 1. The fraction of sp³-hybridized carbons (Fsp3) is 0.556. The molecule has 0 aromatic heterocycles. The zero-order valence-corrected chi connectivity index (χ0v) is 14.5. The topological polar surface area (TPSA) is 78.9 Å². The Bertz CT molecular complexity index is 571. The van der Waals surface area contributed by atoms with E-state index in [0.29, 0.717) is 13.0 Å². The third kappa shape index (κ3) is 4.47. The van der Waals surface area contributed by atoms with E-state index in [2.05, 4.69) is 5.32 Å². The Morgan fingerprint density at radius 1 is 1.33 bits per heavy atom. The van der Waals surface area contributed by atoms with Gasteiger partial charge in [0, 0.05) is 0 Å². The number of ether oxygens (including phenoxy) is 1. The number of carbonyl (C=O) groups is 2. The molecule has 1 aromatic rings. The number of methoxy groups -OCH3 is 1. The second kappa shape index (κ2) is 8.15. The van der Waals surface area contributed by atoms with Gasteiger partial charge >= 0.3 is 5.97 Å². The molecule has 1 fully saturated rings. The van der Waals surface area contributed by atoms with Gasteiger partial charge in [0.15, 0.2) is 0 Å². The number of carboxylic acids is 1. The van der Waals surface area contributed by atoms with Crippen molar-refractivity contribution in [1.82, 2.24) is 10.2 Å². The zero-order chi connectivity index (χ0) is 17.7. The molecule has 1 amide bonds. The zero-order valence-electron chi connectivity index (χ0n) is 14.5. The minimum absolute atomic E-state index is 0.116. The van der Waals surface area contributed by atoms with Gasteiger partial charge in [0.05, 0.1) is 19.7 Å². The number of carboxylic acid groups (broad SMARTS) is 1. The summed E-state index contributed by atoms with van der Waals surface area (Å²) in [6.45, 7) is 4.87. The molecule has 132 valence electrons. The molecule has 6 nitrogen and oxygen atoms in total. The molecule has 0 saturated carbocycles. The summed E-state index contributed by atoms with van der Waals surface area (Å²) in [6.07, 6.45) is 1.42. The van der Waals surface area contributed by atoms with Gasteiger partial charge < -0.3 is 15.2 Å². The fourth-order valence-electron chi connectivity index (χ4n) is 3.14. The van der Waals surface area contributed by atoms with E-state index in [1.165, 1.54) is 0 Å². The molecule has 0 radical (unpaired) electrons. The van der Waals surface area contributed by atoms with Crippen LogP contribution in [0.3, 0.4) is 0 Å². The fourth-order valence-corrected chi connectivity index (χ4v) is 3.14. The van der Waals surface area contributed by atoms with Crippen molar-refractivity contribution in [2.45, 2.75) is 38.8 Å². The van der Waals surface area contributed by atoms with Gasteiger partial charge in [0.1, 0.15) is 11.8 Å². The third-order valence-electron chi connectivity index (χ3n) is 4.45. The number of nitrogens with zero attached hydrogens (tertiary/aromatic N) is 1. The van der Waals surface area contributed by atoms with Crippen LogP contribution in [-0.4, -0.2) is 48.1 Å². The van der Waals surface area contributed by atoms with E-state index in [1.54, 1.807) is 12.0 Å². The number of amides is 1. The van der Waals surface area contributed by atoms with Gasteiger partial charge in [-0.3, -0.25) is 14.5 Å². The molecule has 0 spiro atoms. The molecule has 24 heavy (non-hydrogen) atoms. The molecule has 2 N–H and O–H groups in total. The Labute approximate surface area is 142 Å². The monoisotopic (exact) mass is 334 g/mol. The first-order valence-corrected chi connectivity index (χ1v) is 8.32. The summed E-state index contributed by atoms with van der Waals surface area (Å²) in [5.74, 6) is -0.00123. The molecule has 0 bridgehead atoms. The van der Waals surface area contributed by atoms with Gasteiger partial charge in [-0.05, 0) is 43.0 Å². The summed E-state index contributed by atoms with van der Waals surface area (Å²) in [5, 5.41) is 12.3. The molecule has 6 heteroatoms. The first-order chi connectivity index (χ1) is 11.4.